The first kappa shape index (κ1) is 10.9. The maximum atomic E-state index is 11.6. The Morgan fingerprint density at radius 2 is 2.29 bits per heavy atom. The molecule has 0 N–H and O–H groups in total. The highest BCUT2D eigenvalue weighted by atomic mass is 16.2. The molecule has 0 aromatic carbocycles. The Morgan fingerprint density at radius 1 is 1.50 bits per heavy atom. The highest BCUT2D eigenvalue weighted by Crippen LogP contribution is 2.15. The third-order valence-corrected chi connectivity index (χ3v) is 2.43. The summed E-state index contributed by atoms with van der Waals surface area (Å²) in [5.41, 5.74) is 0. The van der Waals surface area contributed by atoms with Gasteiger partial charge in [0.15, 0.2) is 0 Å². The summed E-state index contributed by atoms with van der Waals surface area (Å²) in [7, 11) is 0. The van der Waals surface area contributed by atoms with Crippen LogP contribution in [0.5, 0.6) is 0 Å². The Labute approximate surface area is 84.0 Å². The zero-order valence-corrected chi connectivity index (χ0v) is 8.24. The number of hydrogen-bond donors (Lipinski definition) is 0. The van der Waals surface area contributed by atoms with E-state index in [-0.39, 0.29) is 5.91 Å². The number of carbonyl (C=O) groups excluding carboxylic acids is 2. The number of likely N-dealkylation sites (tertiary alicyclic amines) is 1. The molecule has 1 unspecified atom stereocenters. The summed E-state index contributed by atoms with van der Waals surface area (Å²) < 4.78 is 0. The van der Waals surface area contributed by atoms with E-state index in [1.165, 1.54) is 6.08 Å². The van der Waals surface area contributed by atoms with E-state index in [0.717, 1.165) is 19.3 Å². The molecular weight excluding hydrogens is 180 g/mol. The molecule has 0 bridgehead atoms. The van der Waals surface area contributed by atoms with Crippen LogP contribution in [0.1, 0.15) is 32.1 Å². The van der Waals surface area contributed by atoms with Gasteiger partial charge in [-0.15, -0.1) is 0 Å². The molecule has 1 atom stereocenters. The summed E-state index contributed by atoms with van der Waals surface area (Å²) in [4.78, 5) is 27.0. The van der Waals surface area contributed by atoms with Crippen LogP contribution in [0.25, 0.3) is 0 Å². The number of rotatable bonds is 3. The molecule has 77 valence electrons. The first-order chi connectivity index (χ1) is 6.79. The number of carbonyl (C=O) groups is 1. The standard InChI is InChI=1S/C10H15N2O2/c1-2-9(11-8-13)12-7-5-3-4-6-10(12)14/h9H,1-7H2. The number of isocyanates is 1. The van der Waals surface area contributed by atoms with Gasteiger partial charge in [0.05, 0.1) is 0 Å². The average Bonchev–Trinajstić information content (AvgIpc) is 2.40. The Balaban J connectivity index is 2.69. The summed E-state index contributed by atoms with van der Waals surface area (Å²) in [6.07, 6.45) is 5.07. The van der Waals surface area contributed by atoms with Crippen LogP contribution in [-0.4, -0.2) is 29.6 Å². The van der Waals surface area contributed by atoms with Crippen LogP contribution in [0.2, 0.25) is 0 Å². The van der Waals surface area contributed by atoms with Gasteiger partial charge in [0.2, 0.25) is 12.0 Å². The highest BCUT2D eigenvalue weighted by molar-refractivity contribution is 5.76. The van der Waals surface area contributed by atoms with Crippen molar-refractivity contribution in [2.75, 3.05) is 6.54 Å². The number of amides is 1. The van der Waals surface area contributed by atoms with Crippen LogP contribution in [0.4, 0.5) is 0 Å². The van der Waals surface area contributed by atoms with E-state index in [1.807, 2.05) is 0 Å². The molecule has 1 saturated heterocycles. The molecule has 0 spiro atoms. The summed E-state index contributed by atoms with van der Waals surface area (Å²) >= 11 is 0. The lowest BCUT2D eigenvalue weighted by atomic mass is 10.2. The van der Waals surface area contributed by atoms with Crippen molar-refractivity contribution in [1.82, 2.24) is 4.90 Å². The molecule has 0 saturated carbocycles. The van der Waals surface area contributed by atoms with E-state index >= 15 is 0 Å². The third-order valence-electron chi connectivity index (χ3n) is 2.43. The molecule has 1 amide bonds. The van der Waals surface area contributed by atoms with Crippen molar-refractivity contribution in [3.05, 3.63) is 6.92 Å². The van der Waals surface area contributed by atoms with Crippen LogP contribution in [-0.2, 0) is 9.59 Å². The van der Waals surface area contributed by atoms with Gasteiger partial charge in [0.1, 0.15) is 6.17 Å². The van der Waals surface area contributed by atoms with Crippen molar-refractivity contribution in [2.45, 2.75) is 38.3 Å². The molecule has 1 aliphatic heterocycles. The third kappa shape index (κ3) is 2.67. The maximum Gasteiger partial charge on any atom is 0.237 e. The number of hydrogen-bond acceptors (Lipinski definition) is 3. The average molecular weight is 195 g/mol. The fraction of sp³-hybridized carbons (Fsp3) is 0.700. The van der Waals surface area contributed by atoms with Gasteiger partial charge in [0, 0.05) is 13.0 Å². The molecular formula is C10H15N2O2. The van der Waals surface area contributed by atoms with Crippen molar-refractivity contribution in [2.24, 2.45) is 4.99 Å². The first-order valence-corrected chi connectivity index (χ1v) is 4.95. The van der Waals surface area contributed by atoms with E-state index in [4.69, 9.17) is 0 Å². The molecule has 0 aromatic heterocycles. The van der Waals surface area contributed by atoms with Gasteiger partial charge in [-0.1, -0.05) is 6.42 Å². The van der Waals surface area contributed by atoms with E-state index in [1.54, 1.807) is 4.90 Å². The second kappa shape index (κ2) is 5.55. The van der Waals surface area contributed by atoms with Crippen molar-refractivity contribution < 1.29 is 9.59 Å². The van der Waals surface area contributed by atoms with Gasteiger partial charge in [-0.2, -0.15) is 4.99 Å². The molecule has 1 radical (unpaired) electrons. The predicted molar refractivity (Wildman–Crippen MR) is 52.1 cm³/mol. The topological polar surface area (TPSA) is 49.7 Å². The fourth-order valence-electron chi connectivity index (χ4n) is 1.67. The van der Waals surface area contributed by atoms with E-state index < -0.39 is 6.17 Å². The smallest absolute Gasteiger partial charge is 0.237 e. The van der Waals surface area contributed by atoms with E-state index in [2.05, 4.69) is 11.9 Å². The molecule has 0 aromatic rings. The van der Waals surface area contributed by atoms with Crippen molar-refractivity contribution >= 4 is 12.0 Å². The second-order valence-electron chi connectivity index (χ2n) is 3.39. The molecule has 1 aliphatic rings. The van der Waals surface area contributed by atoms with E-state index in [9.17, 15) is 9.59 Å². The molecule has 1 heterocycles. The Bertz CT molecular complexity index is 247. The normalized spacial score (nSPS) is 19.8. The van der Waals surface area contributed by atoms with Gasteiger partial charge < -0.3 is 4.90 Å². The summed E-state index contributed by atoms with van der Waals surface area (Å²) in [6, 6.07) is 0. The molecule has 1 rings (SSSR count). The van der Waals surface area contributed by atoms with Crippen LogP contribution >= 0.6 is 0 Å². The van der Waals surface area contributed by atoms with Gasteiger partial charge in [-0.05, 0) is 26.2 Å². The summed E-state index contributed by atoms with van der Waals surface area (Å²) in [5.74, 6) is 0.0788. The van der Waals surface area contributed by atoms with Crippen LogP contribution in [0.15, 0.2) is 4.99 Å². The number of nitrogens with zero attached hydrogens (tertiary/aromatic N) is 2. The molecule has 0 aliphatic carbocycles. The lowest BCUT2D eigenvalue weighted by Gasteiger charge is -2.25. The molecule has 1 fully saturated rings. The minimum atomic E-state index is -0.405. The summed E-state index contributed by atoms with van der Waals surface area (Å²) in [6.45, 7) is 4.36. The molecule has 4 heteroatoms. The van der Waals surface area contributed by atoms with Crippen molar-refractivity contribution in [3.63, 3.8) is 0 Å². The zero-order chi connectivity index (χ0) is 10.4. The Hall–Kier alpha value is -1.15. The lowest BCUT2D eigenvalue weighted by Crippen LogP contribution is -2.38. The minimum Gasteiger partial charge on any atom is -0.320 e. The Morgan fingerprint density at radius 3 is 2.93 bits per heavy atom. The monoisotopic (exact) mass is 195 g/mol. The fourth-order valence-corrected chi connectivity index (χ4v) is 1.67. The van der Waals surface area contributed by atoms with Crippen molar-refractivity contribution in [3.8, 4) is 0 Å². The van der Waals surface area contributed by atoms with E-state index in [0.29, 0.717) is 19.4 Å². The summed E-state index contributed by atoms with van der Waals surface area (Å²) in [5, 5.41) is 0. The first-order valence-electron chi connectivity index (χ1n) is 4.95. The zero-order valence-electron chi connectivity index (χ0n) is 8.24. The van der Waals surface area contributed by atoms with Crippen LogP contribution in [0, 0.1) is 6.92 Å². The van der Waals surface area contributed by atoms with Gasteiger partial charge >= 0.3 is 0 Å². The minimum absolute atomic E-state index is 0.0788. The SMILES string of the molecule is [CH2]CC(N=C=O)N1CCCCCC1=O. The largest absolute Gasteiger partial charge is 0.320 e. The predicted octanol–water partition coefficient (Wildman–Crippen LogP) is 1.28. The van der Waals surface area contributed by atoms with Crippen molar-refractivity contribution in [1.29, 1.82) is 0 Å². The van der Waals surface area contributed by atoms with Crippen LogP contribution in [0.3, 0.4) is 0 Å². The van der Waals surface area contributed by atoms with Gasteiger partial charge in [-0.25, -0.2) is 4.79 Å². The van der Waals surface area contributed by atoms with Gasteiger partial charge in [-0.3, -0.25) is 4.79 Å². The molecule has 4 nitrogen and oxygen atoms in total. The van der Waals surface area contributed by atoms with Crippen LogP contribution < -0.4 is 0 Å². The quantitative estimate of drug-likeness (QED) is 0.503. The lowest BCUT2D eigenvalue weighted by molar-refractivity contribution is -0.132. The maximum absolute atomic E-state index is 11.6. The number of aliphatic imine (C=N–C) groups is 1. The van der Waals surface area contributed by atoms with Gasteiger partial charge in [0.25, 0.3) is 0 Å². The molecule has 14 heavy (non-hydrogen) atoms. The second-order valence-corrected chi connectivity index (χ2v) is 3.39. The Kier molecular flexibility index (Phi) is 4.33. The highest BCUT2D eigenvalue weighted by Gasteiger charge is 2.22.